The Balaban J connectivity index is 1.75. The summed E-state index contributed by atoms with van der Waals surface area (Å²) in [6.07, 6.45) is 2.17. The van der Waals surface area contributed by atoms with Gasteiger partial charge in [-0.2, -0.15) is 15.0 Å². The molecule has 0 saturated carbocycles. The van der Waals surface area contributed by atoms with Crippen LogP contribution in [0.4, 0.5) is 22.0 Å². The number of nitrogens with two attached hydrogens (primary N) is 1. The molecule has 0 fully saturated rings. The second kappa shape index (κ2) is 10.2. The molecule has 0 saturated heterocycles. The average Bonchev–Trinajstić information content (AvgIpc) is 2.78. The van der Waals surface area contributed by atoms with Crippen molar-refractivity contribution in [1.82, 2.24) is 15.0 Å². The number of carbonyl (C=O) groups excluding carboxylic acids is 1. The highest BCUT2D eigenvalue weighted by Crippen LogP contribution is 2.33. The Morgan fingerprint density at radius 3 is 2.56 bits per heavy atom. The molecule has 10 heteroatoms. The summed E-state index contributed by atoms with van der Waals surface area (Å²) in [5.41, 5.74) is 7.29. The van der Waals surface area contributed by atoms with Crippen molar-refractivity contribution in [2.75, 3.05) is 25.3 Å². The van der Waals surface area contributed by atoms with Crippen LogP contribution in [0.2, 0.25) is 0 Å². The van der Waals surface area contributed by atoms with Crippen LogP contribution in [0.15, 0.2) is 49.1 Å². The number of allylic oxidation sites excluding steroid dienone is 1. The van der Waals surface area contributed by atoms with Crippen LogP contribution in [-0.4, -0.2) is 35.1 Å². The predicted molar refractivity (Wildman–Crippen MR) is 116 cm³/mol. The lowest BCUT2D eigenvalue weighted by Gasteiger charge is -2.14. The number of nitrogens with zero attached hydrogens (tertiary/aromatic N) is 3. The normalized spacial score (nSPS) is 10.3. The molecule has 1 heterocycles. The number of methoxy groups -OCH3 is 2. The molecule has 3 N–H and O–H groups in total. The number of hydrogen-bond acceptors (Lipinski definition) is 9. The third-order valence-electron chi connectivity index (χ3n) is 4.29. The standard InChI is InChI=1S/C22H22FN5O4/c1-4-5-13-10-14(11-17(30-2)19(13)31-3)20(29)32-12-18-26-21(24)28-22(27-18)25-16-8-6-15(23)7-9-16/h4,6-11H,1,5,12H2,2-3H3,(H3,24,25,26,27,28). The first kappa shape index (κ1) is 22.5. The zero-order valence-corrected chi connectivity index (χ0v) is 17.6. The maximum atomic E-state index is 13.1. The fraction of sp³-hybridized carbons (Fsp3) is 0.182. The number of rotatable bonds is 9. The third kappa shape index (κ3) is 5.48. The van der Waals surface area contributed by atoms with Gasteiger partial charge in [0.05, 0.1) is 19.8 Å². The Labute approximate surface area is 184 Å². The van der Waals surface area contributed by atoms with Crippen LogP contribution in [0.1, 0.15) is 21.7 Å². The van der Waals surface area contributed by atoms with Crippen molar-refractivity contribution in [3.63, 3.8) is 0 Å². The SMILES string of the molecule is C=CCc1cc(C(=O)OCc2nc(N)nc(Nc3ccc(F)cc3)n2)cc(OC)c1OC. The second-order valence-electron chi connectivity index (χ2n) is 6.51. The summed E-state index contributed by atoms with van der Waals surface area (Å²) in [5, 5.41) is 2.89. The van der Waals surface area contributed by atoms with Gasteiger partial charge >= 0.3 is 5.97 Å². The average molecular weight is 439 g/mol. The molecule has 1 aromatic heterocycles. The molecule has 0 aliphatic heterocycles. The van der Waals surface area contributed by atoms with Crippen molar-refractivity contribution in [3.8, 4) is 11.5 Å². The number of anilines is 3. The summed E-state index contributed by atoms with van der Waals surface area (Å²) >= 11 is 0. The number of carbonyl (C=O) groups is 1. The summed E-state index contributed by atoms with van der Waals surface area (Å²) < 4.78 is 29.1. The Kier molecular flexibility index (Phi) is 7.17. The van der Waals surface area contributed by atoms with Gasteiger partial charge in [-0.25, -0.2) is 9.18 Å². The molecule has 0 aliphatic carbocycles. The molecular weight excluding hydrogens is 417 g/mol. The van der Waals surface area contributed by atoms with E-state index >= 15 is 0 Å². The van der Waals surface area contributed by atoms with Crippen LogP contribution in [-0.2, 0) is 17.8 Å². The number of nitrogen functional groups attached to an aromatic ring is 1. The number of aromatic nitrogens is 3. The number of nitrogens with one attached hydrogen (secondary N) is 1. The van der Waals surface area contributed by atoms with Crippen LogP contribution < -0.4 is 20.5 Å². The van der Waals surface area contributed by atoms with E-state index in [0.717, 1.165) is 5.56 Å². The molecule has 3 rings (SSSR count). The number of hydrogen-bond donors (Lipinski definition) is 2. The lowest BCUT2D eigenvalue weighted by atomic mass is 10.1. The number of esters is 1. The zero-order valence-electron chi connectivity index (χ0n) is 17.6. The Bertz CT molecular complexity index is 1120. The lowest BCUT2D eigenvalue weighted by molar-refractivity contribution is 0.0461. The molecule has 166 valence electrons. The Morgan fingerprint density at radius 2 is 1.91 bits per heavy atom. The van der Waals surface area contributed by atoms with E-state index in [4.69, 9.17) is 19.9 Å². The smallest absolute Gasteiger partial charge is 0.338 e. The van der Waals surface area contributed by atoms with Gasteiger partial charge in [0.25, 0.3) is 0 Å². The van der Waals surface area contributed by atoms with E-state index in [2.05, 4.69) is 26.8 Å². The van der Waals surface area contributed by atoms with Gasteiger partial charge in [0.2, 0.25) is 11.9 Å². The fourth-order valence-electron chi connectivity index (χ4n) is 2.90. The van der Waals surface area contributed by atoms with E-state index in [-0.39, 0.29) is 35.7 Å². The first-order valence-electron chi connectivity index (χ1n) is 9.49. The summed E-state index contributed by atoms with van der Waals surface area (Å²) in [5.74, 6) is 0.152. The molecule has 0 atom stereocenters. The van der Waals surface area contributed by atoms with Crippen molar-refractivity contribution in [2.45, 2.75) is 13.0 Å². The maximum absolute atomic E-state index is 13.1. The summed E-state index contributed by atoms with van der Waals surface area (Å²) in [7, 11) is 3.00. The van der Waals surface area contributed by atoms with E-state index in [0.29, 0.717) is 23.6 Å². The number of benzene rings is 2. The first-order valence-corrected chi connectivity index (χ1v) is 9.49. The van der Waals surface area contributed by atoms with E-state index in [9.17, 15) is 9.18 Å². The molecule has 3 aromatic rings. The van der Waals surface area contributed by atoms with Gasteiger partial charge in [-0.3, -0.25) is 0 Å². The Hall–Kier alpha value is -4.21. The second-order valence-corrected chi connectivity index (χ2v) is 6.51. The van der Waals surface area contributed by atoms with E-state index in [1.807, 2.05) is 0 Å². The molecule has 0 aliphatic rings. The topological polar surface area (TPSA) is 121 Å². The van der Waals surface area contributed by atoms with Crippen molar-refractivity contribution in [2.24, 2.45) is 0 Å². The minimum Gasteiger partial charge on any atom is -0.493 e. The van der Waals surface area contributed by atoms with Crippen LogP contribution in [0.25, 0.3) is 0 Å². The van der Waals surface area contributed by atoms with Gasteiger partial charge in [-0.05, 0) is 42.8 Å². The highest BCUT2D eigenvalue weighted by atomic mass is 19.1. The molecule has 0 unspecified atom stereocenters. The van der Waals surface area contributed by atoms with E-state index in [1.54, 1.807) is 12.1 Å². The largest absolute Gasteiger partial charge is 0.493 e. The molecule has 9 nitrogen and oxygen atoms in total. The molecule has 0 bridgehead atoms. The van der Waals surface area contributed by atoms with E-state index in [1.165, 1.54) is 44.6 Å². The van der Waals surface area contributed by atoms with Crippen LogP contribution in [0.5, 0.6) is 11.5 Å². The molecule has 0 radical (unpaired) electrons. The van der Waals surface area contributed by atoms with Crippen molar-refractivity contribution >= 4 is 23.6 Å². The summed E-state index contributed by atoms with van der Waals surface area (Å²) in [6.45, 7) is 3.48. The molecule has 32 heavy (non-hydrogen) atoms. The molecular formula is C22H22FN5O4. The van der Waals surface area contributed by atoms with Crippen molar-refractivity contribution < 1.29 is 23.4 Å². The highest BCUT2D eigenvalue weighted by molar-refractivity contribution is 5.90. The van der Waals surface area contributed by atoms with Crippen molar-refractivity contribution in [3.05, 3.63) is 71.8 Å². The maximum Gasteiger partial charge on any atom is 0.338 e. The van der Waals surface area contributed by atoms with Crippen LogP contribution in [0, 0.1) is 5.82 Å². The first-order chi connectivity index (χ1) is 15.4. The minimum atomic E-state index is -0.608. The number of ether oxygens (including phenoxy) is 3. The molecule has 2 aromatic carbocycles. The van der Waals surface area contributed by atoms with E-state index < -0.39 is 5.97 Å². The van der Waals surface area contributed by atoms with Gasteiger partial charge in [-0.1, -0.05) is 6.08 Å². The van der Waals surface area contributed by atoms with Crippen molar-refractivity contribution in [1.29, 1.82) is 0 Å². The molecule has 0 spiro atoms. The molecule has 0 amide bonds. The Morgan fingerprint density at radius 1 is 1.16 bits per heavy atom. The highest BCUT2D eigenvalue weighted by Gasteiger charge is 2.17. The van der Waals surface area contributed by atoms with Gasteiger partial charge in [0, 0.05) is 11.3 Å². The van der Waals surface area contributed by atoms with Gasteiger partial charge in [-0.15, -0.1) is 6.58 Å². The number of halogens is 1. The van der Waals surface area contributed by atoms with Crippen LogP contribution >= 0.6 is 0 Å². The zero-order chi connectivity index (χ0) is 23.1. The van der Waals surface area contributed by atoms with Gasteiger partial charge in [0.15, 0.2) is 23.9 Å². The summed E-state index contributed by atoms with van der Waals surface area (Å²) in [6, 6.07) is 8.80. The monoisotopic (exact) mass is 439 g/mol. The predicted octanol–water partition coefficient (Wildman–Crippen LogP) is 3.44. The van der Waals surface area contributed by atoms with Crippen LogP contribution in [0.3, 0.4) is 0 Å². The fourth-order valence-corrected chi connectivity index (χ4v) is 2.90. The minimum absolute atomic E-state index is 0.0601. The van der Waals surface area contributed by atoms with Gasteiger partial charge in [0.1, 0.15) is 5.82 Å². The third-order valence-corrected chi connectivity index (χ3v) is 4.29. The van der Waals surface area contributed by atoms with Gasteiger partial charge < -0.3 is 25.3 Å². The summed E-state index contributed by atoms with van der Waals surface area (Å²) in [4.78, 5) is 24.8. The lowest BCUT2D eigenvalue weighted by Crippen LogP contribution is -2.12. The quantitative estimate of drug-likeness (QED) is 0.381.